The smallest absolute Gasteiger partial charge is 0.352 e. The molecule has 1 N–H and O–H groups in total. The number of alkyl halides is 3. The zero-order valence-corrected chi connectivity index (χ0v) is 18.4. The van der Waals surface area contributed by atoms with Crippen LogP contribution in [0.4, 0.5) is 13.2 Å². The molecule has 0 saturated carbocycles. The molecule has 1 heterocycles. The highest BCUT2D eigenvalue weighted by Gasteiger charge is 2.30. The number of fused-ring (bicyclic) bond motifs is 1. The molecule has 1 aromatic heterocycles. The lowest BCUT2D eigenvalue weighted by Crippen LogP contribution is -2.25. The average molecular weight is 499 g/mol. The van der Waals surface area contributed by atoms with Crippen LogP contribution in [-0.4, -0.2) is 17.4 Å². The quantitative estimate of drug-likeness (QED) is 0.334. The van der Waals surface area contributed by atoms with Crippen LogP contribution < -0.4 is 5.32 Å². The average Bonchev–Trinajstić information content (AvgIpc) is 2.78. The third-order valence-corrected chi connectivity index (χ3v) is 5.60. The van der Waals surface area contributed by atoms with E-state index >= 15 is 0 Å². The van der Waals surface area contributed by atoms with Crippen LogP contribution in [0.3, 0.4) is 0 Å². The first-order chi connectivity index (χ1) is 15.3. The number of aromatic nitrogens is 1. The molecular formula is C25H18BrF3N2O. The highest BCUT2D eigenvalue weighted by Crippen LogP contribution is 2.33. The molecule has 3 aromatic carbocycles. The third-order valence-electron chi connectivity index (χ3n) is 5.11. The Bertz CT molecular complexity index is 1270. The van der Waals surface area contributed by atoms with E-state index in [4.69, 9.17) is 0 Å². The highest BCUT2D eigenvalue weighted by atomic mass is 79.9. The van der Waals surface area contributed by atoms with Crippen molar-refractivity contribution in [2.24, 2.45) is 0 Å². The van der Waals surface area contributed by atoms with Crippen LogP contribution in [0.25, 0.3) is 21.9 Å². The van der Waals surface area contributed by atoms with Crippen molar-refractivity contribution in [2.45, 2.75) is 12.6 Å². The van der Waals surface area contributed by atoms with Crippen molar-refractivity contribution in [2.75, 3.05) is 6.54 Å². The van der Waals surface area contributed by atoms with Crippen molar-refractivity contribution in [3.8, 4) is 11.1 Å². The maximum Gasteiger partial charge on any atom is 0.416 e. The molecule has 0 unspecified atom stereocenters. The molecular weight excluding hydrogens is 481 g/mol. The second kappa shape index (κ2) is 9.12. The third kappa shape index (κ3) is 4.99. The fourth-order valence-electron chi connectivity index (χ4n) is 3.51. The van der Waals surface area contributed by atoms with Gasteiger partial charge in [-0.1, -0.05) is 52.3 Å². The molecule has 0 aliphatic rings. The molecule has 32 heavy (non-hydrogen) atoms. The molecule has 0 aliphatic heterocycles. The van der Waals surface area contributed by atoms with Gasteiger partial charge in [-0.15, -0.1) is 0 Å². The van der Waals surface area contributed by atoms with E-state index in [1.807, 2.05) is 36.4 Å². The summed E-state index contributed by atoms with van der Waals surface area (Å²) >= 11 is 3.40. The first kappa shape index (κ1) is 22.0. The van der Waals surface area contributed by atoms with Crippen molar-refractivity contribution < 1.29 is 18.0 Å². The van der Waals surface area contributed by atoms with Crippen molar-refractivity contribution in [3.05, 3.63) is 100 Å². The molecule has 4 rings (SSSR count). The van der Waals surface area contributed by atoms with Crippen LogP contribution in [0.5, 0.6) is 0 Å². The summed E-state index contributed by atoms with van der Waals surface area (Å²) in [5.74, 6) is -0.193. The largest absolute Gasteiger partial charge is 0.416 e. The van der Waals surface area contributed by atoms with E-state index in [-0.39, 0.29) is 5.91 Å². The summed E-state index contributed by atoms with van der Waals surface area (Å²) in [6.07, 6.45) is -2.05. The standard InChI is InChI=1S/C25H18BrF3N2O/c26-20-10-12-30-21(15-20)11-13-31-24(32)18-6-9-23-17(14-18)2-1-3-22(23)16-4-7-19(8-5-16)25(27,28)29/h1-10,12,14-15H,11,13H2,(H,31,32). The molecule has 0 spiro atoms. The van der Waals surface area contributed by atoms with E-state index in [2.05, 4.69) is 26.2 Å². The summed E-state index contributed by atoms with van der Waals surface area (Å²) in [7, 11) is 0. The number of benzene rings is 3. The molecule has 0 atom stereocenters. The molecule has 0 bridgehead atoms. The Morgan fingerprint density at radius 3 is 2.47 bits per heavy atom. The van der Waals surface area contributed by atoms with Crippen LogP contribution in [0.15, 0.2) is 83.5 Å². The number of nitrogens with one attached hydrogen (secondary N) is 1. The fraction of sp³-hybridized carbons (Fsp3) is 0.120. The van der Waals surface area contributed by atoms with Crippen LogP contribution in [-0.2, 0) is 12.6 Å². The highest BCUT2D eigenvalue weighted by molar-refractivity contribution is 9.10. The zero-order chi connectivity index (χ0) is 22.7. The Morgan fingerprint density at radius 1 is 0.969 bits per heavy atom. The molecule has 1 amide bonds. The van der Waals surface area contributed by atoms with Crippen molar-refractivity contribution in [3.63, 3.8) is 0 Å². The van der Waals surface area contributed by atoms with Crippen molar-refractivity contribution in [1.82, 2.24) is 10.3 Å². The fourth-order valence-corrected chi connectivity index (χ4v) is 3.89. The van der Waals surface area contributed by atoms with Crippen LogP contribution in [0, 0.1) is 0 Å². The Morgan fingerprint density at radius 2 is 1.75 bits per heavy atom. The zero-order valence-electron chi connectivity index (χ0n) is 16.8. The molecule has 3 nitrogen and oxygen atoms in total. The van der Waals surface area contributed by atoms with E-state index in [1.165, 1.54) is 12.1 Å². The summed E-state index contributed by atoms with van der Waals surface area (Å²) in [5.41, 5.74) is 2.20. The maximum absolute atomic E-state index is 12.9. The SMILES string of the molecule is O=C(NCCc1cc(Br)ccn1)c1ccc2c(-c3ccc(C(F)(F)F)cc3)cccc2c1. The second-order valence-corrected chi connectivity index (χ2v) is 8.20. The summed E-state index contributed by atoms with van der Waals surface area (Å²) in [4.78, 5) is 16.8. The van der Waals surface area contributed by atoms with Gasteiger partial charge in [0.25, 0.3) is 5.91 Å². The number of pyridine rings is 1. The number of rotatable bonds is 5. The Balaban J connectivity index is 1.51. The molecule has 0 saturated heterocycles. The monoisotopic (exact) mass is 498 g/mol. The lowest BCUT2D eigenvalue weighted by molar-refractivity contribution is -0.137. The Kier molecular flexibility index (Phi) is 6.28. The van der Waals surface area contributed by atoms with Gasteiger partial charge in [-0.25, -0.2) is 0 Å². The predicted molar refractivity (Wildman–Crippen MR) is 122 cm³/mol. The van der Waals surface area contributed by atoms with E-state index in [0.717, 1.165) is 38.6 Å². The van der Waals surface area contributed by atoms with E-state index in [9.17, 15) is 18.0 Å². The number of amides is 1. The number of hydrogen-bond donors (Lipinski definition) is 1. The van der Waals surface area contributed by atoms with Gasteiger partial charge in [-0.3, -0.25) is 9.78 Å². The van der Waals surface area contributed by atoms with Gasteiger partial charge in [0.1, 0.15) is 0 Å². The molecule has 0 radical (unpaired) electrons. The number of hydrogen-bond acceptors (Lipinski definition) is 2. The molecule has 0 aliphatic carbocycles. The first-order valence-electron chi connectivity index (χ1n) is 9.90. The summed E-state index contributed by atoms with van der Waals surface area (Å²) in [5, 5.41) is 4.60. The van der Waals surface area contributed by atoms with Crippen molar-refractivity contribution >= 4 is 32.6 Å². The molecule has 162 valence electrons. The summed E-state index contributed by atoms with van der Waals surface area (Å²) in [6.45, 7) is 0.450. The van der Waals surface area contributed by atoms with Crippen LogP contribution >= 0.6 is 15.9 Å². The van der Waals surface area contributed by atoms with Gasteiger partial charge in [-0.2, -0.15) is 13.2 Å². The van der Waals surface area contributed by atoms with Crippen LogP contribution in [0.2, 0.25) is 0 Å². The lowest BCUT2D eigenvalue weighted by Gasteiger charge is -2.11. The number of carbonyl (C=O) groups is 1. The minimum atomic E-state index is -4.37. The van der Waals surface area contributed by atoms with Gasteiger partial charge in [0.05, 0.1) is 5.56 Å². The topological polar surface area (TPSA) is 42.0 Å². The van der Waals surface area contributed by atoms with Gasteiger partial charge in [0.2, 0.25) is 0 Å². The van der Waals surface area contributed by atoms with E-state index in [0.29, 0.717) is 24.1 Å². The van der Waals surface area contributed by atoms with E-state index < -0.39 is 11.7 Å². The predicted octanol–water partition coefficient (Wildman–Crippen LogP) is 6.66. The first-order valence-corrected chi connectivity index (χ1v) is 10.7. The van der Waals surface area contributed by atoms with E-state index in [1.54, 1.807) is 18.3 Å². The van der Waals surface area contributed by atoms with Gasteiger partial charge >= 0.3 is 6.18 Å². The van der Waals surface area contributed by atoms with Gasteiger partial charge in [-0.05, 0) is 58.3 Å². The maximum atomic E-state index is 12.9. The Hall–Kier alpha value is -3.19. The minimum absolute atomic E-state index is 0.193. The number of carbonyl (C=O) groups excluding carboxylic acids is 1. The molecule has 4 aromatic rings. The van der Waals surface area contributed by atoms with Crippen LogP contribution in [0.1, 0.15) is 21.6 Å². The summed E-state index contributed by atoms with van der Waals surface area (Å²) in [6, 6.07) is 19.7. The van der Waals surface area contributed by atoms with Gasteiger partial charge in [0.15, 0.2) is 0 Å². The number of nitrogens with zero attached hydrogens (tertiary/aromatic N) is 1. The van der Waals surface area contributed by atoms with Gasteiger partial charge in [0, 0.05) is 34.9 Å². The minimum Gasteiger partial charge on any atom is -0.352 e. The normalized spacial score (nSPS) is 11.5. The summed E-state index contributed by atoms with van der Waals surface area (Å²) < 4.78 is 39.5. The number of halogens is 4. The Labute approximate surface area is 191 Å². The molecule has 7 heteroatoms. The second-order valence-electron chi connectivity index (χ2n) is 7.29. The lowest BCUT2D eigenvalue weighted by atomic mass is 9.96. The van der Waals surface area contributed by atoms with Crippen molar-refractivity contribution in [1.29, 1.82) is 0 Å². The van der Waals surface area contributed by atoms with Gasteiger partial charge < -0.3 is 5.32 Å². The molecule has 0 fully saturated rings.